The molecule has 0 aliphatic rings. The van der Waals surface area contributed by atoms with Gasteiger partial charge in [-0.1, -0.05) is 6.08 Å². The molecular formula is C14H19FN4O. The lowest BCUT2D eigenvalue weighted by molar-refractivity contribution is -0.114. The van der Waals surface area contributed by atoms with Gasteiger partial charge in [-0.15, -0.1) is 6.58 Å². The molecule has 0 aromatic heterocycles. The third-order valence-corrected chi connectivity index (χ3v) is 2.27. The molecule has 5 nitrogen and oxygen atoms in total. The number of carbonyl (C=O) groups is 1. The maximum Gasteiger partial charge on any atom is 0.246 e. The molecular weight excluding hydrogens is 259 g/mol. The zero-order valence-electron chi connectivity index (χ0n) is 11.4. The van der Waals surface area contributed by atoms with Crippen molar-refractivity contribution in [2.45, 2.75) is 6.92 Å². The van der Waals surface area contributed by atoms with Crippen LogP contribution in [0, 0.1) is 5.82 Å². The van der Waals surface area contributed by atoms with Gasteiger partial charge >= 0.3 is 0 Å². The van der Waals surface area contributed by atoms with E-state index < -0.39 is 0 Å². The third kappa shape index (κ3) is 5.99. The molecule has 1 aromatic rings. The number of rotatable bonds is 6. The number of amides is 1. The SMILES string of the molecule is C=CCNC(=NCC(=O)Nc1ccc(F)cc1)NCC. The number of halogens is 1. The zero-order chi connectivity index (χ0) is 14.8. The second-order valence-corrected chi connectivity index (χ2v) is 3.92. The fraction of sp³-hybridized carbons (Fsp3) is 0.286. The van der Waals surface area contributed by atoms with E-state index in [0.29, 0.717) is 24.7 Å². The van der Waals surface area contributed by atoms with Crippen molar-refractivity contribution in [1.29, 1.82) is 0 Å². The van der Waals surface area contributed by atoms with Gasteiger partial charge in [-0.05, 0) is 31.2 Å². The third-order valence-electron chi connectivity index (χ3n) is 2.27. The lowest BCUT2D eigenvalue weighted by Gasteiger charge is -2.09. The fourth-order valence-corrected chi connectivity index (χ4v) is 1.40. The molecule has 20 heavy (non-hydrogen) atoms. The second kappa shape index (κ2) is 8.68. The van der Waals surface area contributed by atoms with Crippen LogP contribution in [0.4, 0.5) is 10.1 Å². The summed E-state index contributed by atoms with van der Waals surface area (Å²) in [4.78, 5) is 15.8. The van der Waals surface area contributed by atoms with Gasteiger partial charge in [0.05, 0.1) is 0 Å². The van der Waals surface area contributed by atoms with E-state index in [9.17, 15) is 9.18 Å². The normalized spacial score (nSPS) is 10.8. The number of aliphatic imine (C=N–C) groups is 1. The monoisotopic (exact) mass is 278 g/mol. The standard InChI is InChI=1S/C14H19FN4O/c1-3-9-17-14(16-4-2)18-10-13(20)19-12-7-5-11(15)6-8-12/h3,5-8H,1,4,9-10H2,2H3,(H,19,20)(H2,16,17,18). The Labute approximate surface area is 118 Å². The summed E-state index contributed by atoms with van der Waals surface area (Å²) in [6.45, 7) is 6.76. The van der Waals surface area contributed by atoms with Crippen molar-refractivity contribution >= 4 is 17.6 Å². The van der Waals surface area contributed by atoms with E-state index in [1.807, 2.05) is 6.92 Å². The molecule has 3 N–H and O–H groups in total. The molecule has 0 saturated carbocycles. The van der Waals surface area contributed by atoms with Crippen LogP contribution in [0.5, 0.6) is 0 Å². The Morgan fingerprint density at radius 2 is 2.05 bits per heavy atom. The predicted octanol–water partition coefficient (Wildman–Crippen LogP) is 1.51. The summed E-state index contributed by atoms with van der Waals surface area (Å²) in [6.07, 6.45) is 1.70. The molecule has 6 heteroatoms. The van der Waals surface area contributed by atoms with Crippen LogP contribution in [0.2, 0.25) is 0 Å². The highest BCUT2D eigenvalue weighted by atomic mass is 19.1. The van der Waals surface area contributed by atoms with Crippen molar-refractivity contribution in [3.63, 3.8) is 0 Å². The predicted molar refractivity (Wildman–Crippen MR) is 79.2 cm³/mol. The minimum Gasteiger partial charge on any atom is -0.357 e. The van der Waals surface area contributed by atoms with Gasteiger partial charge in [-0.3, -0.25) is 4.79 Å². The van der Waals surface area contributed by atoms with E-state index in [2.05, 4.69) is 27.5 Å². The lowest BCUT2D eigenvalue weighted by Crippen LogP contribution is -2.38. The van der Waals surface area contributed by atoms with E-state index in [-0.39, 0.29) is 18.3 Å². The van der Waals surface area contributed by atoms with Gasteiger partial charge in [0.25, 0.3) is 0 Å². The molecule has 0 unspecified atom stereocenters. The Hall–Kier alpha value is -2.37. The van der Waals surface area contributed by atoms with Gasteiger partial charge in [0.2, 0.25) is 5.91 Å². The number of guanidine groups is 1. The molecule has 0 aliphatic heterocycles. The van der Waals surface area contributed by atoms with Gasteiger partial charge in [-0.25, -0.2) is 9.38 Å². The van der Waals surface area contributed by atoms with Crippen molar-refractivity contribution in [2.24, 2.45) is 4.99 Å². The molecule has 0 atom stereocenters. The van der Waals surface area contributed by atoms with Gasteiger partial charge in [0.1, 0.15) is 12.4 Å². The number of hydrogen-bond donors (Lipinski definition) is 3. The van der Waals surface area contributed by atoms with Crippen LogP contribution >= 0.6 is 0 Å². The maximum atomic E-state index is 12.7. The number of benzene rings is 1. The Morgan fingerprint density at radius 1 is 1.35 bits per heavy atom. The minimum atomic E-state index is -0.343. The summed E-state index contributed by atoms with van der Waals surface area (Å²) >= 11 is 0. The van der Waals surface area contributed by atoms with Gasteiger partial charge in [0, 0.05) is 18.8 Å². The van der Waals surface area contributed by atoms with E-state index >= 15 is 0 Å². The van der Waals surface area contributed by atoms with Crippen LogP contribution in [0.15, 0.2) is 41.9 Å². The lowest BCUT2D eigenvalue weighted by atomic mass is 10.3. The summed E-state index contributed by atoms with van der Waals surface area (Å²) < 4.78 is 12.7. The Morgan fingerprint density at radius 3 is 2.65 bits per heavy atom. The summed E-state index contributed by atoms with van der Waals surface area (Å²) in [5, 5.41) is 8.63. The second-order valence-electron chi connectivity index (χ2n) is 3.92. The largest absolute Gasteiger partial charge is 0.357 e. The van der Waals surface area contributed by atoms with Gasteiger partial charge in [-0.2, -0.15) is 0 Å². The molecule has 1 amide bonds. The first-order valence-corrected chi connectivity index (χ1v) is 6.34. The molecule has 0 spiro atoms. The molecule has 1 aromatic carbocycles. The zero-order valence-corrected chi connectivity index (χ0v) is 11.4. The quantitative estimate of drug-likeness (QED) is 0.420. The van der Waals surface area contributed by atoms with Crippen molar-refractivity contribution < 1.29 is 9.18 Å². The summed E-state index contributed by atoms with van der Waals surface area (Å²) in [6, 6.07) is 5.57. The summed E-state index contributed by atoms with van der Waals surface area (Å²) in [7, 11) is 0. The van der Waals surface area contributed by atoms with Crippen molar-refractivity contribution in [3.05, 3.63) is 42.7 Å². The number of nitrogens with zero attached hydrogens (tertiary/aromatic N) is 1. The average molecular weight is 278 g/mol. The first kappa shape index (κ1) is 15.7. The van der Waals surface area contributed by atoms with Crippen LogP contribution in [-0.2, 0) is 4.79 Å². The molecule has 0 radical (unpaired) electrons. The number of carbonyl (C=O) groups excluding carboxylic acids is 1. The van der Waals surface area contributed by atoms with Crippen molar-refractivity contribution in [2.75, 3.05) is 25.0 Å². The Kier molecular flexibility index (Phi) is 6.81. The Bertz CT molecular complexity index is 471. The number of nitrogens with one attached hydrogen (secondary N) is 3. The van der Waals surface area contributed by atoms with E-state index in [0.717, 1.165) is 0 Å². The molecule has 0 fully saturated rings. The van der Waals surface area contributed by atoms with Gasteiger partial charge in [0.15, 0.2) is 5.96 Å². The molecule has 0 heterocycles. The highest BCUT2D eigenvalue weighted by Crippen LogP contribution is 2.07. The van der Waals surface area contributed by atoms with Crippen molar-refractivity contribution in [3.8, 4) is 0 Å². The topological polar surface area (TPSA) is 65.5 Å². The number of anilines is 1. The van der Waals surface area contributed by atoms with Crippen LogP contribution < -0.4 is 16.0 Å². The minimum absolute atomic E-state index is 0.0240. The summed E-state index contributed by atoms with van der Waals surface area (Å²) in [5.41, 5.74) is 0.538. The van der Waals surface area contributed by atoms with Crippen LogP contribution in [0.1, 0.15) is 6.92 Å². The van der Waals surface area contributed by atoms with E-state index in [4.69, 9.17) is 0 Å². The summed E-state index contributed by atoms with van der Waals surface area (Å²) in [5.74, 6) is -0.0712. The highest BCUT2D eigenvalue weighted by molar-refractivity contribution is 5.94. The van der Waals surface area contributed by atoms with E-state index in [1.165, 1.54) is 24.3 Å². The van der Waals surface area contributed by atoms with Crippen LogP contribution in [0.3, 0.4) is 0 Å². The Balaban J connectivity index is 2.50. The molecule has 108 valence electrons. The average Bonchev–Trinajstić information content (AvgIpc) is 2.44. The first-order chi connectivity index (χ1) is 9.65. The van der Waals surface area contributed by atoms with Crippen LogP contribution in [0.25, 0.3) is 0 Å². The fourth-order valence-electron chi connectivity index (χ4n) is 1.40. The highest BCUT2D eigenvalue weighted by Gasteiger charge is 2.02. The molecule has 0 bridgehead atoms. The smallest absolute Gasteiger partial charge is 0.246 e. The number of hydrogen-bond acceptors (Lipinski definition) is 2. The molecule has 1 rings (SSSR count). The van der Waals surface area contributed by atoms with Gasteiger partial charge < -0.3 is 16.0 Å². The molecule has 0 saturated heterocycles. The molecule has 0 aliphatic carbocycles. The maximum absolute atomic E-state index is 12.7. The van der Waals surface area contributed by atoms with Crippen molar-refractivity contribution in [1.82, 2.24) is 10.6 Å². The van der Waals surface area contributed by atoms with Crippen LogP contribution in [-0.4, -0.2) is 31.5 Å². The van der Waals surface area contributed by atoms with E-state index in [1.54, 1.807) is 6.08 Å². The first-order valence-electron chi connectivity index (χ1n) is 6.34.